The van der Waals surface area contributed by atoms with Gasteiger partial charge in [-0.3, -0.25) is 0 Å². The molecule has 6 heteroatoms. The van der Waals surface area contributed by atoms with Crippen molar-refractivity contribution in [2.24, 2.45) is 0 Å². The number of hydrogen-bond donors (Lipinski definition) is 1. The van der Waals surface area contributed by atoms with E-state index in [0.717, 1.165) is 11.1 Å². The zero-order valence-electron chi connectivity index (χ0n) is 14.2. The summed E-state index contributed by atoms with van der Waals surface area (Å²) >= 11 is 12.5. The second-order valence-electron chi connectivity index (χ2n) is 6.19. The molecule has 0 saturated carbocycles. The molecule has 3 rings (SSSR count). The molecular weight excluding hydrogens is 375 g/mol. The second-order valence-corrected chi connectivity index (χ2v) is 7.00. The largest absolute Gasteiger partial charge is 0.369 e. The molecule has 0 spiro atoms. The molecule has 2 aromatic rings. The van der Waals surface area contributed by atoms with Crippen LogP contribution in [0.5, 0.6) is 0 Å². The summed E-state index contributed by atoms with van der Waals surface area (Å²) in [7, 11) is 0. The van der Waals surface area contributed by atoms with E-state index in [1.807, 2.05) is 60.7 Å². The number of ether oxygens (including phenoxy) is 3. The molecule has 0 bridgehead atoms. The Morgan fingerprint density at radius 3 is 1.85 bits per heavy atom. The van der Waals surface area contributed by atoms with Crippen LogP contribution in [-0.4, -0.2) is 41.0 Å². The smallest absolute Gasteiger partial charge is 0.184 e. The van der Waals surface area contributed by atoms with Crippen molar-refractivity contribution in [2.75, 3.05) is 5.88 Å². The molecule has 1 fully saturated rings. The molecule has 0 radical (unpaired) electrons. The number of hydrogen-bond acceptors (Lipinski definition) is 4. The van der Waals surface area contributed by atoms with Gasteiger partial charge in [0.1, 0.15) is 12.2 Å². The lowest BCUT2D eigenvalue weighted by molar-refractivity contribution is -0.265. The monoisotopic (exact) mass is 396 g/mol. The first-order valence-electron chi connectivity index (χ1n) is 8.53. The second kappa shape index (κ2) is 9.70. The van der Waals surface area contributed by atoms with Crippen molar-refractivity contribution in [3.05, 3.63) is 71.8 Å². The van der Waals surface area contributed by atoms with Gasteiger partial charge in [-0.15, -0.1) is 23.2 Å². The zero-order valence-corrected chi connectivity index (χ0v) is 15.7. The first-order valence-corrected chi connectivity index (χ1v) is 9.50. The van der Waals surface area contributed by atoms with Crippen molar-refractivity contribution >= 4 is 23.2 Å². The molecule has 0 amide bonds. The SMILES string of the molecule is O[C@H]1O[C@H](CCl)[C@@H](Cl)[C@H](OCc2ccccc2)[C@H]1OCc1ccccc1. The van der Waals surface area contributed by atoms with E-state index in [-0.39, 0.29) is 5.88 Å². The highest BCUT2D eigenvalue weighted by Gasteiger charge is 2.45. The van der Waals surface area contributed by atoms with Crippen molar-refractivity contribution in [3.63, 3.8) is 0 Å². The maximum atomic E-state index is 10.4. The Kier molecular flexibility index (Phi) is 7.32. The molecule has 26 heavy (non-hydrogen) atoms. The molecule has 0 aromatic heterocycles. The van der Waals surface area contributed by atoms with Crippen LogP contribution in [0.4, 0.5) is 0 Å². The van der Waals surface area contributed by atoms with E-state index in [4.69, 9.17) is 37.4 Å². The Morgan fingerprint density at radius 2 is 1.35 bits per heavy atom. The highest BCUT2D eigenvalue weighted by molar-refractivity contribution is 6.23. The molecule has 140 valence electrons. The quantitative estimate of drug-likeness (QED) is 0.724. The number of halogens is 2. The van der Waals surface area contributed by atoms with Gasteiger partial charge in [-0.25, -0.2) is 0 Å². The fraction of sp³-hybridized carbons (Fsp3) is 0.400. The number of rotatable bonds is 7. The third-order valence-electron chi connectivity index (χ3n) is 4.31. The molecule has 1 N–H and O–H groups in total. The fourth-order valence-electron chi connectivity index (χ4n) is 2.91. The molecule has 2 aromatic carbocycles. The maximum Gasteiger partial charge on any atom is 0.184 e. The van der Waals surface area contributed by atoms with Gasteiger partial charge in [-0.1, -0.05) is 60.7 Å². The molecule has 0 aliphatic carbocycles. The summed E-state index contributed by atoms with van der Waals surface area (Å²) in [6.45, 7) is 0.688. The Morgan fingerprint density at radius 1 is 0.846 bits per heavy atom. The first-order chi connectivity index (χ1) is 12.7. The number of benzene rings is 2. The lowest BCUT2D eigenvalue weighted by atomic mass is 10.0. The predicted molar refractivity (Wildman–Crippen MR) is 101 cm³/mol. The summed E-state index contributed by atoms with van der Waals surface area (Å²) in [6.07, 6.45) is -2.92. The standard InChI is InChI=1S/C20H22Cl2O4/c21-11-16-17(22)18(24-12-14-7-3-1-4-8-14)19(20(23)26-16)25-13-15-9-5-2-6-10-15/h1-10,16-20,23H,11-13H2/t16-,17-,18+,19-,20+/m1/s1. The number of aliphatic hydroxyl groups excluding tert-OH is 1. The molecule has 5 atom stereocenters. The lowest BCUT2D eigenvalue weighted by Crippen LogP contribution is -2.57. The zero-order chi connectivity index (χ0) is 18.4. The minimum Gasteiger partial charge on any atom is -0.369 e. The lowest BCUT2D eigenvalue weighted by Gasteiger charge is -2.41. The highest BCUT2D eigenvalue weighted by Crippen LogP contribution is 2.30. The van der Waals surface area contributed by atoms with Crippen molar-refractivity contribution < 1.29 is 19.3 Å². The van der Waals surface area contributed by atoms with Gasteiger partial charge in [0.05, 0.1) is 30.6 Å². The van der Waals surface area contributed by atoms with Crippen LogP contribution in [0.1, 0.15) is 11.1 Å². The molecule has 0 unspecified atom stereocenters. The molecule has 1 heterocycles. The summed E-state index contributed by atoms with van der Waals surface area (Å²) in [5.74, 6) is 0.168. The van der Waals surface area contributed by atoms with E-state index >= 15 is 0 Å². The van der Waals surface area contributed by atoms with Gasteiger partial charge in [0.25, 0.3) is 0 Å². The molecule has 4 nitrogen and oxygen atoms in total. The van der Waals surface area contributed by atoms with Gasteiger partial charge in [0, 0.05) is 0 Å². The average Bonchev–Trinajstić information content (AvgIpc) is 2.69. The predicted octanol–water partition coefficient (Wildman–Crippen LogP) is 3.72. The number of aliphatic hydroxyl groups is 1. The van der Waals surface area contributed by atoms with Crippen molar-refractivity contribution in [2.45, 2.75) is 43.2 Å². The van der Waals surface area contributed by atoms with Crippen LogP contribution in [0.15, 0.2) is 60.7 Å². The summed E-state index contributed by atoms with van der Waals surface area (Å²) in [5.41, 5.74) is 2.01. The maximum absolute atomic E-state index is 10.4. The Labute approximate surface area is 163 Å². The summed E-state index contributed by atoms with van der Waals surface area (Å²) in [4.78, 5) is 0. The number of alkyl halides is 2. The minimum atomic E-state index is -1.15. The van der Waals surface area contributed by atoms with Gasteiger partial charge < -0.3 is 19.3 Å². The van der Waals surface area contributed by atoms with Crippen LogP contribution < -0.4 is 0 Å². The van der Waals surface area contributed by atoms with E-state index < -0.39 is 30.0 Å². The van der Waals surface area contributed by atoms with Crippen LogP contribution in [0.2, 0.25) is 0 Å². The van der Waals surface area contributed by atoms with Gasteiger partial charge in [0.15, 0.2) is 6.29 Å². The van der Waals surface area contributed by atoms with E-state index in [1.54, 1.807) is 0 Å². The molecular formula is C20H22Cl2O4. The topological polar surface area (TPSA) is 47.9 Å². The van der Waals surface area contributed by atoms with Crippen LogP contribution in [0.25, 0.3) is 0 Å². The van der Waals surface area contributed by atoms with Crippen LogP contribution in [-0.2, 0) is 27.4 Å². The first kappa shape index (κ1) is 19.6. The van der Waals surface area contributed by atoms with Crippen molar-refractivity contribution in [1.82, 2.24) is 0 Å². The Hall–Kier alpha value is -1.14. The van der Waals surface area contributed by atoms with Crippen LogP contribution >= 0.6 is 23.2 Å². The Balaban J connectivity index is 1.69. The van der Waals surface area contributed by atoms with Crippen LogP contribution in [0.3, 0.4) is 0 Å². The van der Waals surface area contributed by atoms with Gasteiger partial charge in [0.2, 0.25) is 0 Å². The molecule has 1 saturated heterocycles. The minimum absolute atomic E-state index is 0.168. The molecule has 1 aliphatic heterocycles. The van der Waals surface area contributed by atoms with Gasteiger partial charge in [-0.05, 0) is 11.1 Å². The van der Waals surface area contributed by atoms with Gasteiger partial charge >= 0.3 is 0 Å². The van der Waals surface area contributed by atoms with E-state index in [2.05, 4.69) is 0 Å². The van der Waals surface area contributed by atoms with Crippen molar-refractivity contribution in [3.8, 4) is 0 Å². The van der Waals surface area contributed by atoms with E-state index in [0.29, 0.717) is 13.2 Å². The van der Waals surface area contributed by atoms with Crippen molar-refractivity contribution in [1.29, 1.82) is 0 Å². The summed E-state index contributed by atoms with van der Waals surface area (Å²) in [5, 5.41) is 9.86. The Bertz CT molecular complexity index is 655. The summed E-state index contributed by atoms with van der Waals surface area (Å²) in [6, 6.07) is 19.5. The van der Waals surface area contributed by atoms with E-state index in [1.165, 1.54) is 0 Å². The normalized spacial score (nSPS) is 28.8. The third kappa shape index (κ3) is 4.97. The third-order valence-corrected chi connectivity index (χ3v) is 5.14. The van der Waals surface area contributed by atoms with Gasteiger partial charge in [-0.2, -0.15) is 0 Å². The molecule has 1 aliphatic rings. The van der Waals surface area contributed by atoms with E-state index in [9.17, 15) is 5.11 Å². The summed E-state index contributed by atoms with van der Waals surface area (Å²) < 4.78 is 17.5. The fourth-order valence-corrected chi connectivity index (χ4v) is 3.63. The average molecular weight is 397 g/mol. The highest BCUT2D eigenvalue weighted by atomic mass is 35.5. The van der Waals surface area contributed by atoms with Crippen LogP contribution in [0, 0.1) is 0 Å².